The first kappa shape index (κ1) is 19.5. The molecule has 1 amide bonds. The number of piperidine rings is 1. The zero-order valence-electron chi connectivity index (χ0n) is 16.8. The van der Waals surface area contributed by atoms with Gasteiger partial charge in [0.1, 0.15) is 0 Å². The van der Waals surface area contributed by atoms with Gasteiger partial charge in [0, 0.05) is 45.1 Å². The molecule has 4 rings (SSSR count). The fraction of sp³-hybridized carbons (Fsp3) is 0.524. The van der Waals surface area contributed by atoms with Crippen molar-refractivity contribution in [3.05, 3.63) is 41.6 Å². The van der Waals surface area contributed by atoms with Gasteiger partial charge in [-0.15, -0.1) is 0 Å². The molecule has 1 atom stereocenters. The van der Waals surface area contributed by atoms with Crippen LogP contribution in [0.15, 0.2) is 24.7 Å². The Bertz CT molecular complexity index is 870. The quantitative estimate of drug-likeness (QED) is 0.835. The summed E-state index contributed by atoms with van der Waals surface area (Å²) in [6.45, 7) is 5.78. The van der Waals surface area contributed by atoms with Crippen LogP contribution in [0.2, 0.25) is 0 Å². The summed E-state index contributed by atoms with van der Waals surface area (Å²) >= 11 is 0. The summed E-state index contributed by atoms with van der Waals surface area (Å²) in [4.78, 5) is 29.3. The number of carbonyl (C=O) groups is 1. The minimum atomic E-state index is -0.358. The number of halogens is 1. The lowest BCUT2D eigenvalue weighted by Crippen LogP contribution is -2.42. The van der Waals surface area contributed by atoms with Crippen LogP contribution in [0.1, 0.15) is 41.6 Å². The Hall–Kier alpha value is -2.77. The van der Waals surface area contributed by atoms with Gasteiger partial charge < -0.3 is 15.1 Å². The second-order valence-corrected chi connectivity index (χ2v) is 7.95. The molecule has 0 saturated carbocycles. The summed E-state index contributed by atoms with van der Waals surface area (Å²) < 4.78 is 14.2. The van der Waals surface area contributed by atoms with Crippen LogP contribution in [0.25, 0.3) is 0 Å². The van der Waals surface area contributed by atoms with Crippen molar-refractivity contribution >= 4 is 17.7 Å². The van der Waals surface area contributed by atoms with Crippen LogP contribution in [0.4, 0.5) is 16.2 Å². The molecule has 2 aromatic rings. The van der Waals surface area contributed by atoms with Gasteiger partial charge in [0.25, 0.3) is 5.91 Å². The predicted molar refractivity (Wildman–Crippen MR) is 110 cm³/mol. The first-order valence-electron chi connectivity index (χ1n) is 10.3. The highest BCUT2D eigenvalue weighted by Crippen LogP contribution is 2.25. The standard InChI is InChI=1S/C21H27FN6O/c1-15-9-17(12-23-10-15)20(29)24-11-16-5-4-8-28(14-16)21-25-13-18(22)19(26-21)27-6-2-3-7-27/h9-10,12-13,16H,2-8,11,14H2,1H3,(H,24,29). The third-order valence-electron chi connectivity index (χ3n) is 5.61. The fourth-order valence-corrected chi connectivity index (χ4v) is 4.08. The molecule has 2 fully saturated rings. The molecule has 2 aromatic heterocycles. The van der Waals surface area contributed by atoms with E-state index in [4.69, 9.17) is 0 Å². The number of nitrogens with one attached hydrogen (secondary N) is 1. The molecule has 2 saturated heterocycles. The fourth-order valence-electron chi connectivity index (χ4n) is 4.08. The lowest BCUT2D eigenvalue weighted by molar-refractivity contribution is 0.0945. The molecule has 0 aliphatic carbocycles. The van der Waals surface area contributed by atoms with E-state index in [0.717, 1.165) is 57.4 Å². The Morgan fingerprint density at radius 2 is 1.97 bits per heavy atom. The summed E-state index contributed by atoms with van der Waals surface area (Å²) in [6.07, 6.45) is 8.76. The molecule has 8 heteroatoms. The van der Waals surface area contributed by atoms with Gasteiger partial charge in [-0.2, -0.15) is 4.98 Å². The van der Waals surface area contributed by atoms with Crippen LogP contribution in [0.3, 0.4) is 0 Å². The minimum absolute atomic E-state index is 0.104. The third-order valence-corrected chi connectivity index (χ3v) is 5.61. The Morgan fingerprint density at radius 3 is 2.76 bits per heavy atom. The molecule has 0 radical (unpaired) electrons. The average Bonchev–Trinajstić information content (AvgIpc) is 3.27. The van der Waals surface area contributed by atoms with Crippen LogP contribution in [-0.2, 0) is 0 Å². The van der Waals surface area contributed by atoms with Crippen molar-refractivity contribution in [1.29, 1.82) is 0 Å². The van der Waals surface area contributed by atoms with E-state index in [0.29, 0.717) is 29.8 Å². The van der Waals surface area contributed by atoms with E-state index in [1.54, 1.807) is 12.4 Å². The third kappa shape index (κ3) is 4.63. The smallest absolute Gasteiger partial charge is 0.252 e. The summed E-state index contributed by atoms with van der Waals surface area (Å²) in [5.74, 6) is 0.826. The van der Waals surface area contributed by atoms with E-state index in [9.17, 15) is 9.18 Å². The number of hydrogen-bond acceptors (Lipinski definition) is 6. The van der Waals surface area contributed by atoms with Gasteiger partial charge in [-0.25, -0.2) is 9.37 Å². The van der Waals surface area contributed by atoms with Gasteiger partial charge in [0.2, 0.25) is 5.95 Å². The van der Waals surface area contributed by atoms with E-state index >= 15 is 0 Å². The molecule has 0 bridgehead atoms. The molecule has 154 valence electrons. The van der Waals surface area contributed by atoms with E-state index in [2.05, 4.69) is 25.2 Å². The molecule has 7 nitrogen and oxygen atoms in total. The zero-order valence-corrected chi connectivity index (χ0v) is 16.8. The second-order valence-electron chi connectivity index (χ2n) is 7.95. The average molecular weight is 398 g/mol. The molecule has 4 heterocycles. The highest BCUT2D eigenvalue weighted by molar-refractivity contribution is 5.93. The number of pyridine rings is 1. The van der Waals surface area contributed by atoms with Crippen molar-refractivity contribution in [1.82, 2.24) is 20.3 Å². The molecule has 2 aliphatic rings. The van der Waals surface area contributed by atoms with Crippen LogP contribution in [0.5, 0.6) is 0 Å². The van der Waals surface area contributed by atoms with E-state index in [1.807, 2.05) is 17.9 Å². The number of nitrogens with zero attached hydrogens (tertiary/aromatic N) is 5. The molecule has 0 spiro atoms. The Morgan fingerprint density at radius 1 is 1.17 bits per heavy atom. The number of aryl methyl sites for hydroxylation is 1. The first-order chi connectivity index (χ1) is 14.1. The van der Waals surface area contributed by atoms with Crippen LogP contribution < -0.4 is 15.1 Å². The predicted octanol–water partition coefficient (Wildman–Crippen LogP) is 2.57. The molecule has 29 heavy (non-hydrogen) atoms. The van der Waals surface area contributed by atoms with Crippen LogP contribution in [0, 0.1) is 18.7 Å². The van der Waals surface area contributed by atoms with Gasteiger partial charge in [0.05, 0.1) is 11.8 Å². The van der Waals surface area contributed by atoms with Crippen molar-refractivity contribution < 1.29 is 9.18 Å². The second kappa shape index (κ2) is 8.71. The SMILES string of the molecule is Cc1cncc(C(=O)NCC2CCCN(c3ncc(F)c(N4CCCC4)n3)C2)c1. The van der Waals surface area contributed by atoms with E-state index in [-0.39, 0.29) is 11.7 Å². The summed E-state index contributed by atoms with van der Waals surface area (Å²) in [5, 5.41) is 3.02. The number of anilines is 2. The van der Waals surface area contributed by atoms with Gasteiger partial charge >= 0.3 is 0 Å². The normalized spacial score (nSPS) is 19.4. The van der Waals surface area contributed by atoms with Gasteiger partial charge in [-0.05, 0) is 50.2 Å². The largest absolute Gasteiger partial charge is 0.354 e. The van der Waals surface area contributed by atoms with Crippen molar-refractivity contribution in [3.63, 3.8) is 0 Å². The van der Waals surface area contributed by atoms with E-state index in [1.165, 1.54) is 6.20 Å². The lowest BCUT2D eigenvalue weighted by atomic mass is 9.98. The monoisotopic (exact) mass is 398 g/mol. The summed E-state index contributed by atoms with van der Waals surface area (Å²) in [6, 6.07) is 1.84. The van der Waals surface area contributed by atoms with Crippen molar-refractivity contribution in [3.8, 4) is 0 Å². The molecule has 0 aromatic carbocycles. The van der Waals surface area contributed by atoms with Gasteiger partial charge in [-0.1, -0.05) is 0 Å². The highest BCUT2D eigenvalue weighted by atomic mass is 19.1. The number of amides is 1. The van der Waals surface area contributed by atoms with Crippen molar-refractivity contribution in [2.24, 2.45) is 5.92 Å². The first-order valence-corrected chi connectivity index (χ1v) is 10.3. The summed E-state index contributed by atoms with van der Waals surface area (Å²) in [7, 11) is 0. The van der Waals surface area contributed by atoms with E-state index < -0.39 is 0 Å². The molecule has 1 unspecified atom stereocenters. The van der Waals surface area contributed by atoms with Crippen LogP contribution in [-0.4, -0.2) is 53.6 Å². The zero-order chi connectivity index (χ0) is 20.2. The minimum Gasteiger partial charge on any atom is -0.354 e. The maximum absolute atomic E-state index is 14.2. The van der Waals surface area contributed by atoms with Gasteiger partial charge in [0.15, 0.2) is 11.6 Å². The van der Waals surface area contributed by atoms with Crippen LogP contribution >= 0.6 is 0 Å². The number of hydrogen-bond donors (Lipinski definition) is 1. The highest BCUT2D eigenvalue weighted by Gasteiger charge is 2.25. The number of carbonyl (C=O) groups excluding carboxylic acids is 1. The van der Waals surface area contributed by atoms with Crippen molar-refractivity contribution in [2.45, 2.75) is 32.6 Å². The number of rotatable bonds is 5. The molecule has 1 N–H and O–H groups in total. The number of aromatic nitrogens is 3. The Balaban J connectivity index is 1.38. The lowest BCUT2D eigenvalue weighted by Gasteiger charge is -2.33. The summed E-state index contributed by atoms with van der Waals surface area (Å²) in [5.41, 5.74) is 1.54. The Labute approximate surface area is 170 Å². The maximum Gasteiger partial charge on any atom is 0.252 e. The van der Waals surface area contributed by atoms with Gasteiger partial charge in [-0.3, -0.25) is 9.78 Å². The topological polar surface area (TPSA) is 74.2 Å². The molecule has 2 aliphatic heterocycles. The molecular formula is C21H27FN6O. The Kier molecular flexibility index (Phi) is 5.87. The van der Waals surface area contributed by atoms with Crippen molar-refractivity contribution in [2.75, 3.05) is 42.5 Å². The maximum atomic E-state index is 14.2. The molecular weight excluding hydrogens is 371 g/mol.